The van der Waals surface area contributed by atoms with E-state index < -0.39 is 21.0 Å². The van der Waals surface area contributed by atoms with Gasteiger partial charge in [0, 0.05) is 16.7 Å². The van der Waals surface area contributed by atoms with Crippen molar-refractivity contribution in [1.29, 1.82) is 0 Å². The van der Waals surface area contributed by atoms with Gasteiger partial charge in [-0.1, -0.05) is 41.0 Å². The SMILES string of the molecule is CC(C)S(=O)(=O)c1cccc(-c2nnc(NC(=O)/C=C/c3ccccc3Cl)o2)c1. The Balaban J connectivity index is 1.75. The fourth-order valence-electron chi connectivity index (χ4n) is 2.39. The van der Waals surface area contributed by atoms with Crippen LogP contribution in [0.2, 0.25) is 5.02 Å². The Kier molecular flexibility index (Phi) is 6.14. The summed E-state index contributed by atoms with van der Waals surface area (Å²) in [6.45, 7) is 3.22. The van der Waals surface area contributed by atoms with Gasteiger partial charge in [0.1, 0.15) is 0 Å². The molecule has 1 N–H and O–H groups in total. The molecule has 0 saturated heterocycles. The lowest BCUT2D eigenvalue weighted by Crippen LogP contribution is -2.13. The van der Waals surface area contributed by atoms with Crippen LogP contribution < -0.4 is 5.32 Å². The Morgan fingerprint density at radius 1 is 1.14 bits per heavy atom. The van der Waals surface area contributed by atoms with Gasteiger partial charge in [-0.15, -0.1) is 5.10 Å². The van der Waals surface area contributed by atoms with Crippen molar-refractivity contribution in [2.45, 2.75) is 24.0 Å². The summed E-state index contributed by atoms with van der Waals surface area (Å²) in [5, 5.41) is 10.1. The van der Waals surface area contributed by atoms with Crippen LogP contribution in [0, 0.1) is 0 Å². The van der Waals surface area contributed by atoms with Gasteiger partial charge in [0.05, 0.1) is 10.1 Å². The highest BCUT2D eigenvalue weighted by atomic mass is 35.5. The van der Waals surface area contributed by atoms with Crippen LogP contribution >= 0.6 is 11.6 Å². The van der Waals surface area contributed by atoms with Crippen LogP contribution in [-0.4, -0.2) is 29.8 Å². The Morgan fingerprint density at radius 2 is 1.90 bits per heavy atom. The van der Waals surface area contributed by atoms with Gasteiger partial charge in [-0.25, -0.2) is 8.42 Å². The number of halogens is 1. The predicted octanol–water partition coefficient (Wildman–Crippen LogP) is 4.22. The molecule has 1 aromatic heterocycles. The van der Waals surface area contributed by atoms with Crippen LogP contribution in [0.25, 0.3) is 17.5 Å². The van der Waals surface area contributed by atoms with Crippen molar-refractivity contribution < 1.29 is 17.6 Å². The number of rotatable bonds is 6. The summed E-state index contributed by atoms with van der Waals surface area (Å²) < 4.78 is 30.1. The van der Waals surface area contributed by atoms with Crippen LogP contribution in [0.5, 0.6) is 0 Å². The van der Waals surface area contributed by atoms with Crippen molar-refractivity contribution in [1.82, 2.24) is 10.2 Å². The Bertz CT molecular complexity index is 1170. The largest absolute Gasteiger partial charge is 0.403 e. The lowest BCUT2D eigenvalue weighted by atomic mass is 10.2. The lowest BCUT2D eigenvalue weighted by molar-refractivity contribution is -0.112. The molecule has 2 aromatic carbocycles. The molecule has 3 aromatic rings. The average Bonchev–Trinajstić information content (AvgIpc) is 3.16. The number of amides is 1. The maximum Gasteiger partial charge on any atom is 0.322 e. The van der Waals surface area contributed by atoms with E-state index in [1.807, 2.05) is 0 Å². The second kappa shape index (κ2) is 8.59. The van der Waals surface area contributed by atoms with Gasteiger partial charge in [-0.3, -0.25) is 10.1 Å². The maximum absolute atomic E-state index is 12.3. The number of nitrogens with one attached hydrogen (secondary N) is 1. The number of benzene rings is 2. The summed E-state index contributed by atoms with van der Waals surface area (Å²) in [5.74, 6) is -0.382. The van der Waals surface area contributed by atoms with Crippen LogP contribution in [0.1, 0.15) is 19.4 Å². The Morgan fingerprint density at radius 3 is 2.62 bits per heavy atom. The van der Waals surface area contributed by atoms with Crippen molar-refractivity contribution in [3.05, 3.63) is 65.2 Å². The molecule has 0 bridgehead atoms. The summed E-state index contributed by atoms with van der Waals surface area (Å²) in [4.78, 5) is 12.2. The van der Waals surface area contributed by atoms with E-state index in [9.17, 15) is 13.2 Å². The molecular formula is C20H18ClN3O4S. The zero-order valence-electron chi connectivity index (χ0n) is 15.7. The first-order valence-corrected chi connectivity index (χ1v) is 10.6. The lowest BCUT2D eigenvalue weighted by Gasteiger charge is -2.08. The number of carbonyl (C=O) groups is 1. The van der Waals surface area contributed by atoms with E-state index in [0.717, 1.165) is 0 Å². The number of carbonyl (C=O) groups excluding carboxylic acids is 1. The van der Waals surface area contributed by atoms with E-state index in [-0.39, 0.29) is 16.8 Å². The van der Waals surface area contributed by atoms with Gasteiger partial charge in [0.25, 0.3) is 5.91 Å². The Labute approximate surface area is 173 Å². The minimum atomic E-state index is -3.44. The summed E-state index contributed by atoms with van der Waals surface area (Å²) in [6.07, 6.45) is 2.86. The fourth-order valence-corrected chi connectivity index (χ4v) is 3.69. The van der Waals surface area contributed by atoms with E-state index in [2.05, 4.69) is 15.5 Å². The smallest absolute Gasteiger partial charge is 0.322 e. The van der Waals surface area contributed by atoms with Crippen molar-refractivity contribution in [2.75, 3.05) is 5.32 Å². The molecular weight excluding hydrogens is 414 g/mol. The van der Waals surface area contributed by atoms with Gasteiger partial charge in [0.2, 0.25) is 5.89 Å². The first kappa shape index (κ1) is 20.8. The quantitative estimate of drug-likeness (QED) is 0.586. The van der Waals surface area contributed by atoms with Crippen LogP contribution in [-0.2, 0) is 14.6 Å². The van der Waals surface area contributed by atoms with Crippen molar-refractivity contribution in [3.63, 3.8) is 0 Å². The molecule has 0 spiro atoms. The molecule has 0 fully saturated rings. The highest BCUT2D eigenvalue weighted by Gasteiger charge is 2.20. The third-order valence-electron chi connectivity index (χ3n) is 4.00. The summed E-state index contributed by atoms with van der Waals surface area (Å²) >= 11 is 6.04. The number of nitrogens with zero attached hydrogens (tertiary/aromatic N) is 2. The molecule has 0 saturated carbocycles. The van der Waals surface area contributed by atoms with Gasteiger partial charge in [-0.05, 0) is 49.8 Å². The molecule has 3 rings (SSSR count). The minimum Gasteiger partial charge on any atom is -0.403 e. The molecule has 29 heavy (non-hydrogen) atoms. The minimum absolute atomic E-state index is 0.0937. The van der Waals surface area contributed by atoms with Gasteiger partial charge in [-0.2, -0.15) is 0 Å². The van der Waals surface area contributed by atoms with Crippen molar-refractivity contribution >= 4 is 39.4 Å². The molecule has 0 atom stereocenters. The van der Waals surface area contributed by atoms with E-state index in [4.69, 9.17) is 16.0 Å². The van der Waals surface area contributed by atoms with Crippen LogP contribution in [0.4, 0.5) is 6.01 Å². The second-order valence-electron chi connectivity index (χ2n) is 6.38. The first-order valence-electron chi connectivity index (χ1n) is 8.69. The second-order valence-corrected chi connectivity index (χ2v) is 9.29. The standard InChI is InChI=1S/C20H18ClN3O4S/c1-13(2)29(26,27)16-8-5-7-15(12-16)19-23-24-20(28-19)22-18(25)11-10-14-6-3-4-9-17(14)21/h3-13H,1-2H3,(H,22,24,25)/b11-10+. The van der Waals surface area contributed by atoms with Crippen molar-refractivity contribution in [2.24, 2.45) is 0 Å². The van der Waals surface area contributed by atoms with E-state index >= 15 is 0 Å². The molecule has 1 amide bonds. The van der Waals surface area contributed by atoms with Gasteiger partial charge < -0.3 is 4.42 Å². The van der Waals surface area contributed by atoms with E-state index in [1.54, 1.807) is 56.3 Å². The number of aromatic nitrogens is 2. The number of anilines is 1. The third-order valence-corrected chi connectivity index (χ3v) is 6.50. The topological polar surface area (TPSA) is 102 Å². The number of hydrogen-bond donors (Lipinski definition) is 1. The highest BCUT2D eigenvalue weighted by molar-refractivity contribution is 7.92. The normalized spacial score (nSPS) is 11.9. The van der Waals surface area contributed by atoms with Crippen molar-refractivity contribution in [3.8, 4) is 11.5 Å². The molecule has 7 nitrogen and oxygen atoms in total. The molecule has 9 heteroatoms. The molecule has 0 aliphatic carbocycles. The maximum atomic E-state index is 12.3. The number of hydrogen-bond acceptors (Lipinski definition) is 6. The Hall–Kier alpha value is -2.97. The van der Waals surface area contributed by atoms with E-state index in [1.165, 1.54) is 18.2 Å². The van der Waals surface area contributed by atoms with E-state index in [0.29, 0.717) is 16.1 Å². The monoisotopic (exact) mass is 431 g/mol. The summed E-state index contributed by atoms with van der Waals surface area (Å²) in [6, 6.07) is 13.2. The fraction of sp³-hybridized carbons (Fsp3) is 0.150. The zero-order valence-corrected chi connectivity index (χ0v) is 17.2. The molecule has 0 aliphatic rings. The van der Waals surface area contributed by atoms with Gasteiger partial charge >= 0.3 is 6.01 Å². The third kappa shape index (κ3) is 4.90. The predicted molar refractivity (Wildman–Crippen MR) is 111 cm³/mol. The number of sulfone groups is 1. The highest BCUT2D eigenvalue weighted by Crippen LogP contribution is 2.25. The molecule has 1 heterocycles. The molecule has 0 radical (unpaired) electrons. The molecule has 0 unspecified atom stereocenters. The zero-order chi connectivity index (χ0) is 21.0. The average molecular weight is 432 g/mol. The van der Waals surface area contributed by atoms with Crippen LogP contribution in [0.3, 0.4) is 0 Å². The summed E-state index contributed by atoms with van der Waals surface area (Å²) in [7, 11) is -3.44. The van der Waals surface area contributed by atoms with Crippen LogP contribution in [0.15, 0.2) is 63.9 Å². The first-order chi connectivity index (χ1) is 13.8. The molecule has 150 valence electrons. The van der Waals surface area contributed by atoms with Gasteiger partial charge in [0.15, 0.2) is 9.84 Å². The molecule has 0 aliphatic heterocycles. The summed E-state index contributed by atoms with van der Waals surface area (Å²) in [5.41, 5.74) is 1.13.